The molecule has 4 aromatic rings. The number of anilines is 2. The fourth-order valence-electron chi connectivity index (χ4n) is 4.23. The van der Waals surface area contributed by atoms with E-state index < -0.39 is 0 Å². The highest BCUT2D eigenvalue weighted by atomic mass is 16.5. The number of hydrogen-bond acceptors (Lipinski definition) is 7. The Hall–Kier alpha value is -3.32. The lowest BCUT2D eigenvalue weighted by Crippen LogP contribution is -2.25. The van der Waals surface area contributed by atoms with Crippen LogP contribution in [0.4, 0.5) is 11.5 Å². The fraction of sp³-hybridized carbons (Fsp3) is 0.360. The highest BCUT2D eigenvalue weighted by Gasteiger charge is 2.18. The van der Waals surface area contributed by atoms with E-state index in [0.29, 0.717) is 23.9 Å². The standard InChI is InChI=1S/C25H31N5O2/c1-5-30(6-2)10-7-11-32-16-8-9-17-20(12-16)28-14-18-22(17)23-21(31-4)13-19(26)15(3)24(23)29-25(18)27/h8-9,12-14H,5-7,10-11,26H2,1-4H3,(H2,27,29). The van der Waals surface area contributed by atoms with Crippen molar-refractivity contribution >= 4 is 44.1 Å². The molecule has 0 saturated heterocycles. The number of rotatable bonds is 8. The van der Waals surface area contributed by atoms with Gasteiger partial charge in [0.15, 0.2) is 0 Å². The Bertz CT molecular complexity index is 1280. The molecule has 4 N–H and O–H groups in total. The van der Waals surface area contributed by atoms with Gasteiger partial charge in [0, 0.05) is 46.7 Å². The van der Waals surface area contributed by atoms with Gasteiger partial charge in [0.25, 0.3) is 0 Å². The lowest BCUT2D eigenvalue weighted by atomic mass is 9.99. The van der Waals surface area contributed by atoms with Crippen molar-refractivity contribution in [2.24, 2.45) is 0 Å². The molecule has 0 aliphatic rings. The monoisotopic (exact) mass is 433 g/mol. The third-order valence-corrected chi connectivity index (χ3v) is 6.16. The Kier molecular flexibility index (Phi) is 6.19. The number of pyridine rings is 2. The van der Waals surface area contributed by atoms with Crippen LogP contribution in [-0.2, 0) is 0 Å². The van der Waals surface area contributed by atoms with Crippen molar-refractivity contribution in [3.05, 3.63) is 36.0 Å². The first-order valence-corrected chi connectivity index (χ1v) is 11.1. The van der Waals surface area contributed by atoms with Gasteiger partial charge in [-0.3, -0.25) is 4.98 Å². The van der Waals surface area contributed by atoms with Crippen LogP contribution in [0, 0.1) is 6.92 Å². The second-order valence-electron chi connectivity index (χ2n) is 7.97. The summed E-state index contributed by atoms with van der Waals surface area (Å²) in [6.45, 7) is 10.1. The molecule has 0 aliphatic heterocycles. The van der Waals surface area contributed by atoms with Gasteiger partial charge in [-0.05, 0) is 44.1 Å². The molecular formula is C25H31N5O2. The van der Waals surface area contributed by atoms with Crippen molar-refractivity contribution in [3.63, 3.8) is 0 Å². The molecule has 4 rings (SSSR count). The molecule has 7 nitrogen and oxygen atoms in total. The van der Waals surface area contributed by atoms with Gasteiger partial charge in [-0.2, -0.15) is 0 Å². The predicted molar refractivity (Wildman–Crippen MR) is 133 cm³/mol. The summed E-state index contributed by atoms with van der Waals surface area (Å²) in [6.07, 6.45) is 2.75. The summed E-state index contributed by atoms with van der Waals surface area (Å²) in [4.78, 5) is 11.7. The van der Waals surface area contributed by atoms with Crippen LogP contribution in [0.5, 0.6) is 11.5 Å². The molecule has 0 spiro atoms. The van der Waals surface area contributed by atoms with Crippen molar-refractivity contribution in [1.29, 1.82) is 0 Å². The van der Waals surface area contributed by atoms with Gasteiger partial charge >= 0.3 is 0 Å². The molecule has 2 aromatic heterocycles. The van der Waals surface area contributed by atoms with Crippen molar-refractivity contribution in [3.8, 4) is 11.5 Å². The van der Waals surface area contributed by atoms with Gasteiger partial charge in [0.1, 0.15) is 17.3 Å². The molecule has 0 aliphatic carbocycles. The number of aromatic nitrogens is 2. The van der Waals surface area contributed by atoms with Crippen molar-refractivity contribution in [1.82, 2.24) is 14.9 Å². The lowest BCUT2D eigenvalue weighted by molar-refractivity contribution is 0.249. The second kappa shape index (κ2) is 9.04. The van der Waals surface area contributed by atoms with E-state index in [1.165, 1.54) is 0 Å². The summed E-state index contributed by atoms with van der Waals surface area (Å²) in [5.74, 6) is 1.90. The zero-order valence-corrected chi connectivity index (χ0v) is 19.2. The zero-order chi connectivity index (χ0) is 22.8. The number of nitrogens with two attached hydrogens (primary N) is 2. The normalized spacial score (nSPS) is 11.7. The molecule has 0 saturated carbocycles. The molecule has 0 bridgehead atoms. The van der Waals surface area contributed by atoms with Crippen LogP contribution in [0.25, 0.3) is 32.6 Å². The number of nitrogen functional groups attached to an aromatic ring is 2. The Morgan fingerprint density at radius 1 is 1.03 bits per heavy atom. The maximum Gasteiger partial charge on any atom is 0.133 e. The first-order valence-electron chi connectivity index (χ1n) is 11.1. The van der Waals surface area contributed by atoms with Crippen LogP contribution in [0.1, 0.15) is 25.8 Å². The Balaban J connectivity index is 1.78. The molecule has 0 unspecified atom stereocenters. The van der Waals surface area contributed by atoms with E-state index in [4.69, 9.17) is 20.9 Å². The number of nitrogens with zero attached hydrogens (tertiary/aromatic N) is 3. The van der Waals surface area contributed by atoms with Crippen LogP contribution in [0.2, 0.25) is 0 Å². The van der Waals surface area contributed by atoms with Gasteiger partial charge < -0.3 is 25.8 Å². The fourth-order valence-corrected chi connectivity index (χ4v) is 4.23. The van der Waals surface area contributed by atoms with E-state index in [2.05, 4.69) is 28.7 Å². The molecular weight excluding hydrogens is 402 g/mol. The van der Waals surface area contributed by atoms with Gasteiger partial charge in [-0.25, -0.2) is 4.98 Å². The molecule has 0 fully saturated rings. The lowest BCUT2D eigenvalue weighted by Gasteiger charge is -2.18. The molecule has 2 aromatic carbocycles. The maximum atomic E-state index is 6.32. The average molecular weight is 434 g/mol. The molecule has 168 valence electrons. The third kappa shape index (κ3) is 3.84. The van der Waals surface area contributed by atoms with E-state index in [0.717, 1.165) is 69.9 Å². The maximum absolute atomic E-state index is 6.32. The smallest absolute Gasteiger partial charge is 0.133 e. The predicted octanol–water partition coefficient (Wildman–Crippen LogP) is 4.53. The zero-order valence-electron chi connectivity index (χ0n) is 19.2. The Morgan fingerprint density at radius 3 is 2.53 bits per heavy atom. The van der Waals surface area contributed by atoms with E-state index in [1.807, 2.05) is 31.2 Å². The second-order valence-corrected chi connectivity index (χ2v) is 7.97. The van der Waals surface area contributed by atoms with Crippen LogP contribution in [-0.4, -0.2) is 48.2 Å². The Labute approximate surface area is 188 Å². The van der Waals surface area contributed by atoms with Crippen LogP contribution < -0.4 is 20.9 Å². The number of hydrogen-bond donors (Lipinski definition) is 2. The van der Waals surface area contributed by atoms with E-state index in [-0.39, 0.29) is 0 Å². The first-order chi connectivity index (χ1) is 15.5. The molecule has 32 heavy (non-hydrogen) atoms. The van der Waals surface area contributed by atoms with E-state index >= 15 is 0 Å². The van der Waals surface area contributed by atoms with Gasteiger partial charge in [-0.1, -0.05) is 13.8 Å². The number of fused-ring (bicyclic) bond motifs is 5. The van der Waals surface area contributed by atoms with Gasteiger partial charge in [-0.15, -0.1) is 0 Å². The Morgan fingerprint density at radius 2 is 1.81 bits per heavy atom. The van der Waals surface area contributed by atoms with Crippen molar-refractivity contribution < 1.29 is 9.47 Å². The summed E-state index contributed by atoms with van der Waals surface area (Å²) >= 11 is 0. The van der Waals surface area contributed by atoms with Gasteiger partial charge in [0.05, 0.1) is 30.1 Å². The molecule has 0 amide bonds. The number of methoxy groups -OCH3 is 1. The van der Waals surface area contributed by atoms with Gasteiger partial charge in [0.2, 0.25) is 0 Å². The molecule has 0 radical (unpaired) electrons. The van der Waals surface area contributed by atoms with Crippen molar-refractivity contribution in [2.45, 2.75) is 27.2 Å². The SMILES string of the molecule is CCN(CC)CCCOc1ccc2c(c1)ncc1c(N)nc3c(C)c(N)cc(OC)c3c12. The minimum Gasteiger partial charge on any atom is -0.496 e. The van der Waals surface area contributed by atoms with Crippen LogP contribution in [0.15, 0.2) is 30.5 Å². The molecule has 0 atom stereocenters. The summed E-state index contributed by atoms with van der Waals surface area (Å²) < 4.78 is 11.7. The summed E-state index contributed by atoms with van der Waals surface area (Å²) in [7, 11) is 1.64. The minimum absolute atomic E-state index is 0.425. The number of benzene rings is 2. The first kappa shape index (κ1) is 21.9. The topological polar surface area (TPSA) is 99.5 Å². The highest BCUT2D eigenvalue weighted by Crippen LogP contribution is 2.41. The van der Waals surface area contributed by atoms with E-state index in [9.17, 15) is 0 Å². The number of ether oxygens (including phenoxy) is 2. The van der Waals surface area contributed by atoms with Crippen LogP contribution >= 0.6 is 0 Å². The molecule has 7 heteroatoms. The van der Waals surface area contributed by atoms with Crippen LogP contribution in [0.3, 0.4) is 0 Å². The third-order valence-electron chi connectivity index (χ3n) is 6.16. The van der Waals surface area contributed by atoms with Crippen molar-refractivity contribution in [2.75, 3.05) is 44.8 Å². The minimum atomic E-state index is 0.425. The number of aryl methyl sites for hydroxylation is 1. The quantitative estimate of drug-likeness (QED) is 0.239. The summed E-state index contributed by atoms with van der Waals surface area (Å²) in [5.41, 5.74) is 15.6. The largest absolute Gasteiger partial charge is 0.496 e. The highest BCUT2D eigenvalue weighted by molar-refractivity contribution is 6.23. The summed E-state index contributed by atoms with van der Waals surface area (Å²) in [5, 5.41) is 3.62. The molecule has 2 heterocycles. The average Bonchev–Trinajstić information content (AvgIpc) is 2.81. The van der Waals surface area contributed by atoms with E-state index in [1.54, 1.807) is 13.3 Å². The summed E-state index contributed by atoms with van der Waals surface area (Å²) in [6, 6.07) is 7.84.